The van der Waals surface area contributed by atoms with Crippen LogP contribution in [0, 0.1) is 0 Å². The third-order valence-electron chi connectivity index (χ3n) is 2.99. The fourth-order valence-electron chi connectivity index (χ4n) is 1.96. The summed E-state index contributed by atoms with van der Waals surface area (Å²) in [6.45, 7) is 2.57. The van der Waals surface area contributed by atoms with Crippen LogP contribution in [-0.2, 0) is 11.4 Å². The van der Waals surface area contributed by atoms with Crippen LogP contribution in [0.3, 0.4) is 0 Å². The molecule has 0 saturated heterocycles. The normalized spacial score (nSPS) is 10.1. The Labute approximate surface area is 119 Å². The molecular weight excluding hydrogens is 250 g/mol. The maximum Gasteiger partial charge on any atom is 0.149 e. The first-order valence-electron chi connectivity index (χ1n) is 6.62. The first-order valence-corrected chi connectivity index (χ1v) is 6.62. The van der Waals surface area contributed by atoms with E-state index in [0.717, 1.165) is 17.0 Å². The lowest BCUT2D eigenvalue weighted by atomic mass is 10.2. The molecule has 0 aliphatic rings. The molecule has 0 saturated carbocycles. The average molecular weight is 269 g/mol. The second kappa shape index (κ2) is 6.75. The smallest absolute Gasteiger partial charge is 0.149 e. The standard InChI is InChI=1S/C17H19NO2/c1-14(19)12-18(2)16-8-10-17(11-9-16)20-13-15-6-4-3-5-7-15/h3-11H,12-13H2,1-2H3. The zero-order valence-electron chi connectivity index (χ0n) is 11.9. The zero-order chi connectivity index (χ0) is 14.4. The lowest BCUT2D eigenvalue weighted by Gasteiger charge is -2.17. The van der Waals surface area contributed by atoms with Gasteiger partial charge in [-0.25, -0.2) is 0 Å². The molecule has 0 aromatic heterocycles. The molecule has 2 aromatic rings. The molecule has 104 valence electrons. The monoisotopic (exact) mass is 269 g/mol. The highest BCUT2D eigenvalue weighted by atomic mass is 16.5. The summed E-state index contributed by atoms with van der Waals surface area (Å²) in [5, 5.41) is 0. The number of anilines is 1. The molecule has 0 spiro atoms. The van der Waals surface area contributed by atoms with Crippen LogP contribution in [0.25, 0.3) is 0 Å². The molecule has 2 aromatic carbocycles. The molecule has 20 heavy (non-hydrogen) atoms. The van der Waals surface area contributed by atoms with Gasteiger partial charge in [0.05, 0.1) is 6.54 Å². The molecule has 0 heterocycles. The number of rotatable bonds is 6. The van der Waals surface area contributed by atoms with Crippen molar-refractivity contribution < 1.29 is 9.53 Å². The van der Waals surface area contributed by atoms with Gasteiger partial charge in [-0.15, -0.1) is 0 Å². The molecule has 3 nitrogen and oxygen atoms in total. The van der Waals surface area contributed by atoms with Gasteiger partial charge in [0.15, 0.2) is 0 Å². The zero-order valence-corrected chi connectivity index (χ0v) is 11.9. The maximum atomic E-state index is 11.1. The molecule has 0 aliphatic carbocycles. The number of ketones is 1. The number of nitrogens with zero attached hydrogens (tertiary/aromatic N) is 1. The summed E-state index contributed by atoms with van der Waals surface area (Å²) in [6.07, 6.45) is 0. The largest absolute Gasteiger partial charge is 0.489 e. The molecule has 0 bridgehead atoms. The van der Waals surface area contributed by atoms with E-state index in [0.29, 0.717) is 13.2 Å². The van der Waals surface area contributed by atoms with Crippen molar-refractivity contribution in [1.29, 1.82) is 0 Å². The Kier molecular flexibility index (Phi) is 4.77. The number of ether oxygens (including phenoxy) is 1. The maximum absolute atomic E-state index is 11.1. The van der Waals surface area contributed by atoms with E-state index in [1.807, 2.05) is 66.5 Å². The highest BCUT2D eigenvalue weighted by Crippen LogP contribution is 2.19. The van der Waals surface area contributed by atoms with E-state index < -0.39 is 0 Å². The summed E-state index contributed by atoms with van der Waals surface area (Å²) in [4.78, 5) is 13.0. The van der Waals surface area contributed by atoms with E-state index in [9.17, 15) is 4.79 Å². The summed E-state index contributed by atoms with van der Waals surface area (Å²) < 4.78 is 5.72. The molecule has 0 amide bonds. The van der Waals surface area contributed by atoms with Crippen molar-refractivity contribution in [3.63, 3.8) is 0 Å². The van der Waals surface area contributed by atoms with E-state index in [2.05, 4.69) is 0 Å². The second-order valence-electron chi connectivity index (χ2n) is 4.83. The van der Waals surface area contributed by atoms with E-state index in [-0.39, 0.29) is 5.78 Å². The number of hydrogen-bond acceptors (Lipinski definition) is 3. The number of benzene rings is 2. The Morgan fingerprint density at radius 1 is 1.05 bits per heavy atom. The minimum absolute atomic E-state index is 0.150. The molecule has 0 radical (unpaired) electrons. The lowest BCUT2D eigenvalue weighted by Crippen LogP contribution is -2.23. The van der Waals surface area contributed by atoms with Gasteiger partial charge in [0.1, 0.15) is 18.1 Å². The van der Waals surface area contributed by atoms with Gasteiger partial charge in [-0.1, -0.05) is 30.3 Å². The Bertz CT molecular complexity index is 549. The van der Waals surface area contributed by atoms with Crippen molar-refractivity contribution in [3.8, 4) is 5.75 Å². The van der Waals surface area contributed by atoms with Gasteiger partial charge in [0.2, 0.25) is 0 Å². The topological polar surface area (TPSA) is 29.5 Å². The number of Topliss-reactive ketones (excluding diaryl/α,β-unsaturated/α-hetero) is 1. The summed E-state index contributed by atoms with van der Waals surface area (Å²) in [5.41, 5.74) is 2.15. The van der Waals surface area contributed by atoms with Gasteiger partial charge >= 0.3 is 0 Å². The average Bonchev–Trinajstić information content (AvgIpc) is 2.46. The van der Waals surface area contributed by atoms with Crippen LogP contribution in [0.1, 0.15) is 12.5 Å². The van der Waals surface area contributed by atoms with E-state index in [1.54, 1.807) is 6.92 Å². The van der Waals surface area contributed by atoms with Crippen LogP contribution >= 0.6 is 0 Å². The van der Waals surface area contributed by atoms with Crippen molar-refractivity contribution in [2.75, 3.05) is 18.5 Å². The third-order valence-corrected chi connectivity index (χ3v) is 2.99. The van der Waals surface area contributed by atoms with Crippen LogP contribution in [-0.4, -0.2) is 19.4 Å². The molecule has 0 atom stereocenters. The first-order chi connectivity index (χ1) is 9.65. The van der Waals surface area contributed by atoms with Gasteiger partial charge in [-0.3, -0.25) is 4.79 Å². The van der Waals surface area contributed by atoms with Crippen molar-refractivity contribution in [1.82, 2.24) is 0 Å². The lowest BCUT2D eigenvalue weighted by molar-refractivity contribution is -0.115. The Morgan fingerprint density at radius 3 is 2.30 bits per heavy atom. The van der Waals surface area contributed by atoms with Gasteiger partial charge in [0, 0.05) is 12.7 Å². The first kappa shape index (κ1) is 14.1. The van der Waals surface area contributed by atoms with E-state index >= 15 is 0 Å². The fraction of sp³-hybridized carbons (Fsp3) is 0.235. The van der Waals surface area contributed by atoms with Crippen LogP contribution in [0.2, 0.25) is 0 Å². The molecular formula is C17H19NO2. The van der Waals surface area contributed by atoms with Crippen molar-refractivity contribution in [3.05, 3.63) is 60.2 Å². The van der Waals surface area contributed by atoms with E-state index in [1.165, 1.54) is 0 Å². The van der Waals surface area contributed by atoms with Gasteiger partial charge in [-0.05, 0) is 36.8 Å². The highest BCUT2D eigenvalue weighted by molar-refractivity contribution is 5.80. The number of likely N-dealkylation sites (N-methyl/N-ethyl adjacent to an activating group) is 1. The SMILES string of the molecule is CC(=O)CN(C)c1ccc(OCc2ccccc2)cc1. The molecule has 0 N–H and O–H groups in total. The van der Waals surface area contributed by atoms with Crippen LogP contribution in [0.5, 0.6) is 5.75 Å². The van der Waals surface area contributed by atoms with Crippen LogP contribution in [0.4, 0.5) is 5.69 Å². The second-order valence-corrected chi connectivity index (χ2v) is 4.83. The summed E-state index contributed by atoms with van der Waals surface area (Å²) in [7, 11) is 1.90. The van der Waals surface area contributed by atoms with E-state index in [4.69, 9.17) is 4.74 Å². The van der Waals surface area contributed by atoms with Crippen LogP contribution < -0.4 is 9.64 Å². The summed E-state index contributed by atoms with van der Waals surface area (Å²) in [6, 6.07) is 17.8. The summed E-state index contributed by atoms with van der Waals surface area (Å²) in [5.74, 6) is 0.978. The summed E-state index contributed by atoms with van der Waals surface area (Å²) >= 11 is 0. The fourth-order valence-corrected chi connectivity index (χ4v) is 1.96. The number of carbonyl (C=O) groups is 1. The third kappa shape index (κ3) is 4.12. The molecule has 0 aliphatic heterocycles. The quantitative estimate of drug-likeness (QED) is 0.806. The Morgan fingerprint density at radius 2 is 1.70 bits per heavy atom. The van der Waals surface area contributed by atoms with Gasteiger partial charge in [0.25, 0.3) is 0 Å². The van der Waals surface area contributed by atoms with Gasteiger partial charge in [-0.2, -0.15) is 0 Å². The highest BCUT2D eigenvalue weighted by Gasteiger charge is 2.03. The Balaban J connectivity index is 1.93. The van der Waals surface area contributed by atoms with Crippen molar-refractivity contribution in [2.24, 2.45) is 0 Å². The molecule has 2 rings (SSSR count). The van der Waals surface area contributed by atoms with Crippen molar-refractivity contribution in [2.45, 2.75) is 13.5 Å². The number of hydrogen-bond donors (Lipinski definition) is 0. The van der Waals surface area contributed by atoms with Crippen molar-refractivity contribution >= 4 is 11.5 Å². The van der Waals surface area contributed by atoms with Crippen LogP contribution in [0.15, 0.2) is 54.6 Å². The number of carbonyl (C=O) groups excluding carboxylic acids is 1. The minimum atomic E-state index is 0.150. The predicted molar refractivity (Wildman–Crippen MR) is 81.2 cm³/mol. The minimum Gasteiger partial charge on any atom is -0.489 e. The van der Waals surface area contributed by atoms with Gasteiger partial charge < -0.3 is 9.64 Å². The molecule has 0 fully saturated rings. The molecule has 0 unspecified atom stereocenters. The predicted octanol–water partition coefficient (Wildman–Crippen LogP) is 3.29. The Hall–Kier alpha value is -2.29. The molecule has 3 heteroatoms.